The Labute approximate surface area is 133 Å². The third-order valence-electron chi connectivity index (χ3n) is 2.85. The van der Waals surface area contributed by atoms with Crippen LogP contribution in [0.15, 0.2) is 30.3 Å². The predicted molar refractivity (Wildman–Crippen MR) is 79.0 cm³/mol. The maximum absolute atomic E-state index is 13.2. The average molecular weight is 343 g/mol. The maximum atomic E-state index is 13.2. The van der Waals surface area contributed by atoms with Crippen LogP contribution in [0.2, 0.25) is 5.02 Å². The lowest BCUT2D eigenvalue weighted by molar-refractivity contribution is -0.384. The third kappa shape index (κ3) is 3.72. The Kier molecular flexibility index (Phi) is 4.75. The molecule has 2 aromatic carbocycles. The second-order valence-electron chi connectivity index (χ2n) is 4.38. The number of anilines is 1. The van der Waals surface area contributed by atoms with E-state index in [2.05, 4.69) is 5.32 Å². The fourth-order valence-corrected chi connectivity index (χ4v) is 2.01. The topological polar surface area (TPSA) is 81.5 Å². The summed E-state index contributed by atoms with van der Waals surface area (Å²) < 4.78 is 31.1. The largest absolute Gasteiger partial charge is 0.496 e. The first-order valence-corrected chi connectivity index (χ1v) is 6.49. The highest BCUT2D eigenvalue weighted by Gasteiger charge is 2.17. The van der Waals surface area contributed by atoms with E-state index in [-0.39, 0.29) is 27.7 Å². The Bertz CT molecular complexity index is 799. The highest BCUT2D eigenvalue weighted by molar-refractivity contribution is 6.34. The normalized spacial score (nSPS) is 10.3. The van der Waals surface area contributed by atoms with E-state index in [9.17, 15) is 23.7 Å². The van der Waals surface area contributed by atoms with E-state index in [4.69, 9.17) is 16.3 Å². The molecule has 6 nitrogen and oxygen atoms in total. The molecule has 120 valence electrons. The number of rotatable bonds is 4. The van der Waals surface area contributed by atoms with Gasteiger partial charge < -0.3 is 10.1 Å². The zero-order valence-electron chi connectivity index (χ0n) is 11.6. The molecule has 0 aromatic heterocycles. The fourth-order valence-electron chi connectivity index (χ4n) is 1.77. The number of ether oxygens (including phenoxy) is 1. The van der Waals surface area contributed by atoms with Crippen LogP contribution in [0, 0.1) is 21.7 Å². The van der Waals surface area contributed by atoms with Crippen molar-refractivity contribution in [2.75, 3.05) is 12.4 Å². The number of amides is 1. The van der Waals surface area contributed by atoms with Crippen LogP contribution in [0.25, 0.3) is 0 Å². The molecule has 0 radical (unpaired) electrons. The first-order valence-electron chi connectivity index (χ1n) is 6.11. The van der Waals surface area contributed by atoms with E-state index in [0.717, 1.165) is 6.07 Å². The maximum Gasteiger partial charge on any atom is 0.275 e. The summed E-state index contributed by atoms with van der Waals surface area (Å²) in [4.78, 5) is 22.3. The van der Waals surface area contributed by atoms with Crippen molar-refractivity contribution in [1.29, 1.82) is 0 Å². The monoisotopic (exact) mass is 342 g/mol. The van der Waals surface area contributed by atoms with Gasteiger partial charge >= 0.3 is 0 Å². The summed E-state index contributed by atoms with van der Waals surface area (Å²) in [6, 6.07) is 4.90. The SMILES string of the molecule is COc1cc(NC(=O)c2cc(F)c(F)cc2Cl)cc([N+](=O)[O-])c1. The van der Waals surface area contributed by atoms with Gasteiger partial charge in [-0.15, -0.1) is 0 Å². The first-order chi connectivity index (χ1) is 10.8. The quantitative estimate of drug-likeness (QED) is 0.520. The lowest BCUT2D eigenvalue weighted by atomic mass is 10.2. The van der Waals surface area contributed by atoms with Crippen molar-refractivity contribution in [2.24, 2.45) is 0 Å². The molecule has 0 saturated carbocycles. The smallest absolute Gasteiger partial charge is 0.275 e. The van der Waals surface area contributed by atoms with Crippen molar-refractivity contribution in [3.05, 3.63) is 62.7 Å². The number of carbonyl (C=O) groups is 1. The molecule has 0 bridgehead atoms. The van der Waals surface area contributed by atoms with Gasteiger partial charge in [-0.3, -0.25) is 14.9 Å². The zero-order chi connectivity index (χ0) is 17.1. The van der Waals surface area contributed by atoms with Crippen molar-refractivity contribution < 1.29 is 23.2 Å². The van der Waals surface area contributed by atoms with Gasteiger partial charge in [0.2, 0.25) is 0 Å². The Hall–Kier alpha value is -2.74. The number of non-ortho nitro benzene ring substituents is 1. The molecule has 0 atom stereocenters. The fraction of sp³-hybridized carbons (Fsp3) is 0.0714. The molecule has 2 aromatic rings. The summed E-state index contributed by atoms with van der Waals surface area (Å²) in [6.45, 7) is 0. The molecule has 0 heterocycles. The van der Waals surface area contributed by atoms with Crippen molar-refractivity contribution in [3.8, 4) is 5.75 Å². The van der Waals surface area contributed by atoms with Crippen molar-refractivity contribution in [2.45, 2.75) is 0 Å². The van der Waals surface area contributed by atoms with Crippen molar-refractivity contribution in [3.63, 3.8) is 0 Å². The van der Waals surface area contributed by atoms with Gasteiger partial charge in [-0.1, -0.05) is 11.6 Å². The molecular weight excluding hydrogens is 334 g/mol. The van der Waals surface area contributed by atoms with Gasteiger partial charge in [-0.2, -0.15) is 0 Å². The molecule has 1 N–H and O–H groups in total. The number of hydrogen-bond donors (Lipinski definition) is 1. The first kappa shape index (κ1) is 16.6. The zero-order valence-corrected chi connectivity index (χ0v) is 12.4. The van der Waals surface area contributed by atoms with Gasteiger partial charge in [-0.05, 0) is 12.1 Å². The van der Waals surface area contributed by atoms with Crippen LogP contribution in [-0.2, 0) is 0 Å². The molecule has 0 spiro atoms. The molecule has 0 fully saturated rings. The predicted octanol–water partition coefficient (Wildman–Crippen LogP) is 3.79. The molecule has 1 amide bonds. The summed E-state index contributed by atoms with van der Waals surface area (Å²) in [6.07, 6.45) is 0. The highest BCUT2D eigenvalue weighted by atomic mass is 35.5. The van der Waals surface area contributed by atoms with E-state index in [1.165, 1.54) is 19.2 Å². The molecule has 23 heavy (non-hydrogen) atoms. The number of nitro benzene ring substituents is 1. The van der Waals surface area contributed by atoms with Crippen LogP contribution >= 0.6 is 11.6 Å². The van der Waals surface area contributed by atoms with E-state index in [0.29, 0.717) is 12.1 Å². The molecule has 0 aliphatic heterocycles. The number of carbonyl (C=O) groups excluding carboxylic acids is 1. The summed E-state index contributed by atoms with van der Waals surface area (Å²) in [5.74, 6) is -3.14. The van der Waals surface area contributed by atoms with Crippen molar-refractivity contribution in [1.82, 2.24) is 0 Å². The molecule has 0 aliphatic rings. The summed E-state index contributed by atoms with van der Waals surface area (Å²) in [5.41, 5.74) is -0.575. The van der Waals surface area contributed by atoms with Crippen LogP contribution in [0.4, 0.5) is 20.2 Å². The summed E-state index contributed by atoms with van der Waals surface area (Å²) in [5, 5.41) is 12.9. The number of hydrogen-bond acceptors (Lipinski definition) is 4. The van der Waals surface area contributed by atoms with Crippen LogP contribution in [0.5, 0.6) is 5.75 Å². The molecule has 0 unspecified atom stereocenters. The van der Waals surface area contributed by atoms with E-state index < -0.39 is 22.5 Å². The summed E-state index contributed by atoms with van der Waals surface area (Å²) in [7, 11) is 1.30. The Morgan fingerprint density at radius 2 is 1.87 bits per heavy atom. The Morgan fingerprint density at radius 1 is 1.22 bits per heavy atom. The van der Waals surface area contributed by atoms with Crippen molar-refractivity contribution >= 4 is 28.9 Å². The van der Waals surface area contributed by atoms with E-state index in [1.807, 2.05) is 0 Å². The number of nitrogens with zero attached hydrogens (tertiary/aromatic N) is 1. The van der Waals surface area contributed by atoms with E-state index in [1.54, 1.807) is 0 Å². The van der Waals surface area contributed by atoms with Gasteiger partial charge in [0.05, 0.1) is 34.4 Å². The van der Waals surface area contributed by atoms with Crippen LogP contribution in [-0.4, -0.2) is 17.9 Å². The van der Waals surface area contributed by atoms with Gasteiger partial charge in [0, 0.05) is 12.1 Å². The van der Waals surface area contributed by atoms with Gasteiger partial charge in [0.1, 0.15) is 5.75 Å². The Balaban J connectivity index is 2.35. The second kappa shape index (κ2) is 6.57. The summed E-state index contributed by atoms with van der Waals surface area (Å²) >= 11 is 5.70. The van der Waals surface area contributed by atoms with Crippen LogP contribution < -0.4 is 10.1 Å². The van der Waals surface area contributed by atoms with Gasteiger partial charge in [0.25, 0.3) is 11.6 Å². The molecule has 0 saturated heterocycles. The van der Waals surface area contributed by atoms with Crippen LogP contribution in [0.3, 0.4) is 0 Å². The van der Waals surface area contributed by atoms with Gasteiger partial charge in [0.15, 0.2) is 11.6 Å². The number of halogens is 3. The highest BCUT2D eigenvalue weighted by Crippen LogP contribution is 2.27. The number of nitrogens with one attached hydrogen (secondary N) is 1. The van der Waals surface area contributed by atoms with E-state index >= 15 is 0 Å². The third-order valence-corrected chi connectivity index (χ3v) is 3.16. The Morgan fingerprint density at radius 3 is 2.48 bits per heavy atom. The molecule has 2 rings (SSSR count). The second-order valence-corrected chi connectivity index (χ2v) is 4.78. The minimum Gasteiger partial charge on any atom is -0.496 e. The minimum absolute atomic E-state index is 0.0434. The standard InChI is InChI=1S/C14H9ClF2N2O4/c1-23-9-3-7(2-8(4-9)19(21)22)18-14(20)10-5-12(16)13(17)6-11(10)15/h2-6H,1H3,(H,18,20). The lowest BCUT2D eigenvalue weighted by Crippen LogP contribution is -2.13. The van der Waals surface area contributed by atoms with Gasteiger partial charge in [-0.25, -0.2) is 8.78 Å². The number of methoxy groups -OCH3 is 1. The molecular formula is C14H9ClF2N2O4. The molecule has 0 aliphatic carbocycles. The number of nitro groups is 1. The minimum atomic E-state index is -1.24. The molecule has 9 heteroatoms. The number of benzene rings is 2. The average Bonchev–Trinajstić information content (AvgIpc) is 2.50. The van der Waals surface area contributed by atoms with Crippen LogP contribution in [0.1, 0.15) is 10.4 Å². The lowest BCUT2D eigenvalue weighted by Gasteiger charge is -2.09.